The van der Waals surface area contributed by atoms with Gasteiger partial charge in [0.05, 0.1) is 18.5 Å². The summed E-state index contributed by atoms with van der Waals surface area (Å²) in [7, 11) is -2.09. The Balaban J connectivity index is 2.45. The van der Waals surface area contributed by atoms with Gasteiger partial charge in [-0.25, -0.2) is 8.42 Å². The molecule has 6 nitrogen and oxygen atoms in total. The molecule has 2 aromatic rings. The van der Waals surface area contributed by atoms with Crippen molar-refractivity contribution in [3.8, 4) is 5.75 Å². The van der Waals surface area contributed by atoms with Gasteiger partial charge >= 0.3 is 0 Å². The average molecular weight is 337 g/mol. The van der Waals surface area contributed by atoms with Crippen LogP contribution in [-0.2, 0) is 15.4 Å². The lowest BCUT2D eigenvalue weighted by molar-refractivity contribution is 0.397. The van der Waals surface area contributed by atoms with Crippen LogP contribution in [0.2, 0.25) is 0 Å². The molecule has 0 atom stereocenters. The van der Waals surface area contributed by atoms with Gasteiger partial charge in [-0.1, -0.05) is 20.8 Å². The van der Waals surface area contributed by atoms with Gasteiger partial charge in [-0.2, -0.15) is 5.10 Å². The fourth-order valence-electron chi connectivity index (χ4n) is 2.50. The van der Waals surface area contributed by atoms with Gasteiger partial charge in [0.25, 0.3) is 10.0 Å². The van der Waals surface area contributed by atoms with Gasteiger partial charge in [0.15, 0.2) is 0 Å². The third kappa shape index (κ3) is 3.50. The van der Waals surface area contributed by atoms with Crippen LogP contribution < -0.4 is 9.46 Å². The smallest absolute Gasteiger partial charge is 0.265 e. The Hall–Kier alpha value is -2.02. The first kappa shape index (κ1) is 17.3. The second-order valence-corrected chi connectivity index (χ2v) is 8.15. The molecule has 1 aromatic carbocycles. The topological polar surface area (TPSA) is 84.1 Å². The van der Waals surface area contributed by atoms with E-state index in [0.717, 1.165) is 11.3 Å². The molecule has 2 N–H and O–H groups in total. The maximum absolute atomic E-state index is 12.6. The normalized spacial score (nSPS) is 12.3. The molecule has 0 aliphatic heterocycles. The summed E-state index contributed by atoms with van der Waals surface area (Å²) in [5.74, 6) is 0.733. The van der Waals surface area contributed by atoms with Crippen LogP contribution in [0.5, 0.6) is 5.75 Å². The van der Waals surface area contributed by atoms with E-state index in [1.165, 1.54) is 0 Å². The second-order valence-electron chi connectivity index (χ2n) is 6.53. The van der Waals surface area contributed by atoms with Gasteiger partial charge < -0.3 is 4.74 Å². The number of benzene rings is 1. The van der Waals surface area contributed by atoms with Gasteiger partial charge in [-0.05, 0) is 37.5 Å². The van der Waals surface area contributed by atoms with E-state index < -0.39 is 10.0 Å². The molecule has 0 aliphatic rings. The largest absolute Gasteiger partial charge is 0.496 e. The molecule has 0 amide bonds. The molecule has 0 bridgehead atoms. The predicted molar refractivity (Wildman–Crippen MR) is 90.6 cm³/mol. The van der Waals surface area contributed by atoms with Crippen molar-refractivity contribution in [2.45, 2.75) is 44.9 Å². The zero-order valence-corrected chi connectivity index (χ0v) is 15.1. The van der Waals surface area contributed by atoms with Crippen molar-refractivity contribution in [3.63, 3.8) is 0 Å². The van der Waals surface area contributed by atoms with E-state index >= 15 is 0 Å². The van der Waals surface area contributed by atoms with Gasteiger partial charge in [0.1, 0.15) is 10.6 Å². The van der Waals surface area contributed by atoms with E-state index in [-0.39, 0.29) is 10.3 Å². The van der Waals surface area contributed by atoms with Gasteiger partial charge in [0.2, 0.25) is 0 Å². The maximum atomic E-state index is 12.6. The number of H-pyrrole nitrogens is 1. The second kappa shape index (κ2) is 5.88. The molecular weight excluding hydrogens is 314 g/mol. The molecule has 23 heavy (non-hydrogen) atoms. The lowest BCUT2D eigenvalue weighted by Gasteiger charge is -2.23. The molecule has 7 heteroatoms. The zero-order chi connectivity index (χ0) is 17.4. The summed E-state index contributed by atoms with van der Waals surface area (Å²) in [6.45, 7) is 9.49. The number of rotatable bonds is 4. The van der Waals surface area contributed by atoms with E-state index in [1.807, 2.05) is 20.8 Å². The van der Waals surface area contributed by atoms with E-state index in [0.29, 0.717) is 17.1 Å². The monoisotopic (exact) mass is 337 g/mol. The highest BCUT2D eigenvalue weighted by Gasteiger charge is 2.24. The first-order valence-electron chi connectivity index (χ1n) is 7.29. The fourth-order valence-corrected chi connectivity index (χ4v) is 3.92. The number of nitrogens with one attached hydrogen (secondary N) is 2. The molecule has 1 aromatic heterocycles. The Morgan fingerprint density at radius 1 is 1.22 bits per heavy atom. The molecule has 0 radical (unpaired) electrons. The van der Waals surface area contributed by atoms with Gasteiger partial charge in [0, 0.05) is 11.3 Å². The molecule has 0 spiro atoms. The summed E-state index contributed by atoms with van der Waals surface area (Å²) < 4.78 is 33.2. The lowest BCUT2D eigenvalue weighted by atomic mass is 9.86. The number of aromatic nitrogens is 2. The van der Waals surface area contributed by atoms with Crippen molar-refractivity contribution < 1.29 is 13.2 Å². The summed E-state index contributed by atoms with van der Waals surface area (Å²) in [5.41, 5.74) is 2.21. The highest BCUT2D eigenvalue weighted by molar-refractivity contribution is 7.92. The average Bonchev–Trinajstić information content (AvgIpc) is 2.77. The SMILES string of the molecule is COc1ccc(NS(=O)(=O)c2c(C)n[nH]c2C)cc1C(C)(C)C. The quantitative estimate of drug-likeness (QED) is 0.898. The Morgan fingerprint density at radius 3 is 2.35 bits per heavy atom. The number of aromatic amines is 1. The molecule has 0 fully saturated rings. The number of hydrogen-bond donors (Lipinski definition) is 2. The molecule has 2 rings (SSSR count). The number of nitrogens with zero attached hydrogens (tertiary/aromatic N) is 1. The number of ether oxygens (including phenoxy) is 1. The predicted octanol–water partition coefficient (Wildman–Crippen LogP) is 3.13. The van der Waals surface area contributed by atoms with Crippen LogP contribution in [0.1, 0.15) is 37.7 Å². The van der Waals surface area contributed by atoms with Crippen molar-refractivity contribution in [2.75, 3.05) is 11.8 Å². The van der Waals surface area contributed by atoms with Gasteiger partial charge in [-0.3, -0.25) is 9.82 Å². The molecule has 0 saturated heterocycles. The van der Waals surface area contributed by atoms with Crippen molar-refractivity contribution >= 4 is 15.7 Å². The summed E-state index contributed by atoms with van der Waals surface area (Å²) in [5, 5.41) is 6.64. The summed E-state index contributed by atoms with van der Waals surface area (Å²) >= 11 is 0. The summed E-state index contributed by atoms with van der Waals surface area (Å²) in [6, 6.07) is 5.27. The van der Waals surface area contributed by atoms with E-state index in [9.17, 15) is 8.42 Å². The molecular formula is C16H23N3O3S. The van der Waals surface area contributed by atoms with Crippen molar-refractivity contribution in [1.82, 2.24) is 10.2 Å². The molecule has 0 saturated carbocycles. The Bertz CT molecular complexity index is 798. The third-order valence-electron chi connectivity index (χ3n) is 3.59. The fraction of sp³-hybridized carbons (Fsp3) is 0.438. The van der Waals surface area contributed by atoms with Crippen LogP contribution in [0.15, 0.2) is 23.1 Å². The van der Waals surface area contributed by atoms with Gasteiger partial charge in [-0.15, -0.1) is 0 Å². The van der Waals surface area contributed by atoms with Crippen LogP contribution >= 0.6 is 0 Å². The molecule has 0 unspecified atom stereocenters. The van der Waals surface area contributed by atoms with Crippen LogP contribution in [-0.4, -0.2) is 25.7 Å². The van der Waals surface area contributed by atoms with Crippen molar-refractivity contribution in [2.24, 2.45) is 0 Å². The Morgan fingerprint density at radius 2 is 1.87 bits per heavy atom. The van der Waals surface area contributed by atoms with E-state index in [4.69, 9.17) is 4.74 Å². The molecule has 126 valence electrons. The number of hydrogen-bond acceptors (Lipinski definition) is 4. The number of methoxy groups -OCH3 is 1. The first-order chi connectivity index (χ1) is 10.6. The van der Waals surface area contributed by atoms with Crippen molar-refractivity contribution in [1.29, 1.82) is 0 Å². The third-order valence-corrected chi connectivity index (χ3v) is 5.23. The Kier molecular flexibility index (Phi) is 4.43. The minimum Gasteiger partial charge on any atom is -0.496 e. The van der Waals surface area contributed by atoms with E-state index in [1.54, 1.807) is 39.2 Å². The van der Waals surface area contributed by atoms with E-state index in [2.05, 4.69) is 14.9 Å². The Labute approximate surface area is 137 Å². The number of sulfonamides is 1. The zero-order valence-electron chi connectivity index (χ0n) is 14.3. The van der Waals surface area contributed by atoms with Crippen LogP contribution in [0.3, 0.4) is 0 Å². The van der Waals surface area contributed by atoms with Crippen LogP contribution in [0.25, 0.3) is 0 Å². The highest BCUT2D eigenvalue weighted by Crippen LogP contribution is 2.34. The van der Waals surface area contributed by atoms with Crippen LogP contribution in [0, 0.1) is 13.8 Å². The lowest BCUT2D eigenvalue weighted by Crippen LogP contribution is -2.17. The number of aryl methyl sites for hydroxylation is 2. The standard InChI is InChI=1S/C16H23N3O3S/c1-10-15(11(2)18-17-10)23(20,21)19-12-7-8-14(22-6)13(9-12)16(3,4)5/h7-9,19H,1-6H3,(H,17,18). The molecule has 0 aliphatic carbocycles. The number of anilines is 1. The highest BCUT2D eigenvalue weighted by atomic mass is 32.2. The molecule has 1 heterocycles. The maximum Gasteiger partial charge on any atom is 0.265 e. The first-order valence-corrected chi connectivity index (χ1v) is 8.77. The minimum atomic E-state index is -3.70. The van der Waals surface area contributed by atoms with Crippen LogP contribution in [0.4, 0.5) is 5.69 Å². The minimum absolute atomic E-state index is 0.172. The van der Waals surface area contributed by atoms with Crippen molar-refractivity contribution in [3.05, 3.63) is 35.2 Å². The summed E-state index contributed by atoms with van der Waals surface area (Å²) in [6.07, 6.45) is 0. The summed E-state index contributed by atoms with van der Waals surface area (Å²) in [4.78, 5) is 0.186.